The van der Waals surface area contributed by atoms with E-state index < -0.39 is 12.1 Å². The summed E-state index contributed by atoms with van der Waals surface area (Å²) in [6.45, 7) is 2.83. The van der Waals surface area contributed by atoms with Gasteiger partial charge >= 0.3 is 6.09 Å². The molecule has 1 fully saturated rings. The maximum absolute atomic E-state index is 12.3. The van der Waals surface area contributed by atoms with E-state index in [1.165, 1.54) is 7.11 Å². The summed E-state index contributed by atoms with van der Waals surface area (Å²) in [5.74, 6) is -0.0100. The normalized spacial score (nSPS) is 24.0. The Bertz CT molecular complexity index is 365. The van der Waals surface area contributed by atoms with Crippen LogP contribution in [0.4, 0.5) is 4.79 Å². The maximum Gasteiger partial charge on any atom is 0.407 e. The topological polar surface area (TPSA) is 58.6 Å². The molecule has 0 aromatic heterocycles. The van der Waals surface area contributed by atoms with Crippen LogP contribution in [0.5, 0.6) is 0 Å². The van der Waals surface area contributed by atoms with Crippen molar-refractivity contribution in [3.63, 3.8) is 0 Å². The Morgan fingerprint density at radius 2 is 2.29 bits per heavy atom. The van der Waals surface area contributed by atoms with Crippen LogP contribution < -0.4 is 5.32 Å². The van der Waals surface area contributed by atoms with E-state index in [-0.39, 0.29) is 11.9 Å². The molecule has 2 unspecified atom stereocenters. The second-order valence-electron chi connectivity index (χ2n) is 4.57. The van der Waals surface area contributed by atoms with Gasteiger partial charge in [0, 0.05) is 12.6 Å². The zero-order chi connectivity index (χ0) is 12.4. The third-order valence-corrected chi connectivity index (χ3v) is 3.34. The van der Waals surface area contributed by atoms with Gasteiger partial charge in [-0.1, -0.05) is 6.08 Å². The van der Waals surface area contributed by atoms with Gasteiger partial charge in [-0.15, -0.1) is 0 Å². The number of alkyl carbamates (subject to hydrolysis) is 1. The Kier molecular flexibility index (Phi) is 3.36. The predicted octanol–water partition coefficient (Wildman–Crippen LogP) is 1.05. The van der Waals surface area contributed by atoms with Crippen molar-refractivity contribution >= 4 is 12.0 Å². The second kappa shape index (κ2) is 4.77. The summed E-state index contributed by atoms with van der Waals surface area (Å²) in [6.07, 6.45) is 4.29. The van der Waals surface area contributed by atoms with E-state index in [1.54, 1.807) is 0 Å². The zero-order valence-electron chi connectivity index (χ0n) is 10.2. The lowest BCUT2D eigenvalue weighted by Gasteiger charge is -2.26. The summed E-state index contributed by atoms with van der Waals surface area (Å²) < 4.78 is 4.55. The van der Waals surface area contributed by atoms with Crippen molar-refractivity contribution in [1.82, 2.24) is 10.2 Å². The molecule has 5 nitrogen and oxygen atoms in total. The number of carbonyl (C=O) groups excluding carboxylic acids is 2. The Balaban J connectivity index is 2.03. The third-order valence-electron chi connectivity index (χ3n) is 3.34. The van der Waals surface area contributed by atoms with Crippen LogP contribution in [0.1, 0.15) is 26.2 Å². The Morgan fingerprint density at radius 1 is 1.59 bits per heavy atom. The molecular weight excluding hydrogens is 220 g/mol. The quantitative estimate of drug-likeness (QED) is 0.748. The summed E-state index contributed by atoms with van der Waals surface area (Å²) in [7, 11) is 1.30. The number of hydrogen-bond donors (Lipinski definition) is 1. The number of hydrogen-bond acceptors (Lipinski definition) is 3. The van der Waals surface area contributed by atoms with Crippen LogP contribution in [-0.2, 0) is 9.53 Å². The first kappa shape index (κ1) is 12.0. The molecule has 0 aromatic carbocycles. The van der Waals surface area contributed by atoms with Gasteiger partial charge in [0.2, 0.25) is 5.91 Å². The van der Waals surface area contributed by atoms with Crippen molar-refractivity contribution in [1.29, 1.82) is 0 Å². The van der Waals surface area contributed by atoms with Crippen molar-refractivity contribution < 1.29 is 14.3 Å². The number of carbonyl (C=O) groups is 2. The molecule has 1 aliphatic carbocycles. The van der Waals surface area contributed by atoms with Crippen LogP contribution in [0.15, 0.2) is 11.6 Å². The van der Waals surface area contributed by atoms with E-state index in [9.17, 15) is 9.59 Å². The number of nitrogens with one attached hydrogen (secondary N) is 1. The molecule has 2 amide bonds. The van der Waals surface area contributed by atoms with Gasteiger partial charge in [-0.05, 0) is 31.8 Å². The van der Waals surface area contributed by atoms with Crippen LogP contribution in [0, 0.1) is 0 Å². The minimum atomic E-state index is -0.553. The molecule has 94 valence electrons. The number of ether oxygens (including phenoxy) is 1. The Hall–Kier alpha value is -1.52. The van der Waals surface area contributed by atoms with Crippen molar-refractivity contribution in [2.45, 2.75) is 38.3 Å². The summed E-state index contributed by atoms with van der Waals surface area (Å²) in [5, 5.41) is 2.61. The molecule has 0 radical (unpaired) electrons. The molecule has 0 aromatic rings. The maximum atomic E-state index is 12.3. The van der Waals surface area contributed by atoms with Gasteiger partial charge in [-0.2, -0.15) is 0 Å². The number of nitrogens with zero attached hydrogens (tertiary/aromatic N) is 1. The van der Waals surface area contributed by atoms with Crippen LogP contribution in [0.2, 0.25) is 0 Å². The average Bonchev–Trinajstić information content (AvgIpc) is 3.07. The van der Waals surface area contributed by atoms with Crippen LogP contribution in [-0.4, -0.2) is 42.6 Å². The van der Waals surface area contributed by atoms with Crippen molar-refractivity contribution in [3.8, 4) is 0 Å². The molecule has 2 atom stereocenters. The van der Waals surface area contributed by atoms with E-state index in [2.05, 4.69) is 10.1 Å². The molecule has 1 heterocycles. The summed E-state index contributed by atoms with van der Waals surface area (Å²) in [5.41, 5.74) is 0.986. The molecular formula is C12H18N2O3. The van der Waals surface area contributed by atoms with Gasteiger partial charge in [-0.3, -0.25) is 4.79 Å². The SMILES string of the molecule is COC(=O)NC(C(=O)N1CCCC1C)C1=CC1. The first-order chi connectivity index (χ1) is 8.13. The molecule has 0 spiro atoms. The van der Waals surface area contributed by atoms with Gasteiger partial charge in [0.15, 0.2) is 0 Å². The molecule has 17 heavy (non-hydrogen) atoms. The average molecular weight is 238 g/mol. The highest BCUT2D eigenvalue weighted by Gasteiger charge is 2.35. The largest absolute Gasteiger partial charge is 0.453 e. The van der Waals surface area contributed by atoms with Crippen LogP contribution >= 0.6 is 0 Å². The number of likely N-dealkylation sites (tertiary alicyclic amines) is 1. The summed E-state index contributed by atoms with van der Waals surface area (Å²) in [6, 6.07) is -0.258. The summed E-state index contributed by atoms with van der Waals surface area (Å²) in [4.78, 5) is 25.4. The van der Waals surface area contributed by atoms with E-state index in [0.29, 0.717) is 0 Å². The highest BCUT2D eigenvalue weighted by atomic mass is 16.5. The molecule has 0 saturated carbocycles. The van der Waals surface area contributed by atoms with Crippen LogP contribution in [0.25, 0.3) is 0 Å². The number of methoxy groups -OCH3 is 1. The molecule has 0 bridgehead atoms. The molecule has 1 N–H and O–H groups in total. The first-order valence-electron chi connectivity index (χ1n) is 5.97. The fraction of sp³-hybridized carbons (Fsp3) is 0.667. The molecule has 1 saturated heterocycles. The van der Waals surface area contributed by atoms with E-state index >= 15 is 0 Å². The lowest BCUT2D eigenvalue weighted by molar-refractivity contribution is -0.132. The number of allylic oxidation sites excluding steroid dienone is 1. The summed E-state index contributed by atoms with van der Waals surface area (Å²) >= 11 is 0. The third kappa shape index (κ3) is 2.60. The minimum absolute atomic E-state index is 0.0100. The number of amides is 2. The lowest BCUT2D eigenvalue weighted by atomic mass is 10.2. The predicted molar refractivity (Wildman–Crippen MR) is 62.4 cm³/mol. The zero-order valence-corrected chi connectivity index (χ0v) is 10.2. The first-order valence-corrected chi connectivity index (χ1v) is 5.97. The molecule has 2 aliphatic rings. The van der Waals surface area contributed by atoms with Crippen molar-refractivity contribution in [3.05, 3.63) is 11.6 Å². The standard InChI is InChI=1S/C12H18N2O3/c1-8-4-3-7-14(8)11(15)10(9-5-6-9)13-12(16)17-2/h5,8,10H,3-4,6-7H2,1-2H3,(H,13,16). The fourth-order valence-electron chi connectivity index (χ4n) is 2.21. The molecule has 1 aliphatic heterocycles. The van der Waals surface area contributed by atoms with Crippen LogP contribution in [0.3, 0.4) is 0 Å². The van der Waals surface area contributed by atoms with Gasteiger partial charge < -0.3 is 15.0 Å². The fourth-order valence-corrected chi connectivity index (χ4v) is 2.21. The lowest BCUT2D eigenvalue weighted by Crippen LogP contribution is -2.49. The van der Waals surface area contributed by atoms with Gasteiger partial charge in [0.1, 0.15) is 6.04 Å². The Morgan fingerprint density at radius 3 is 2.76 bits per heavy atom. The van der Waals surface area contributed by atoms with Gasteiger partial charge in [0.25, 0.3) is 0 Å². The highest BCUT2D eigenvalue weighted by molar-refractivity contribution is 5.90. The smallest absolute Gasteiger partial charge is 0.407 e. The second-order valence-corrected chi connectivity index (χ2v) is 4.57. The number of rotatable bonds is 3. The minimum Gasteiger partial charge on any atom is -0.453 e. The van der Waals surface area contributed by atoms with E-state index in [1.807, 2.05) is 17.9 Å². The van der Waals surface area contributed by atoms with E-state index in [4.69, 9.17) is 0 Å². The molecule has 5 heteroatoms. The van der Waals surface area contributed by atoms with E-state index in [0.717, 1.165) is 31.4 Å². The monoisotopic (exact) mass is 238 g/mol. The highest BCUT2D eigenvalue weighted by Crippen LogP contribution is 2.26. The van der Waals surface area contributed by atoms with Gasteiger partial charge in [0.05, 0.1) is 7.11 Å². The van der Waals surface area contributed by atoms with Gasteiger partial charge in [-0.25, -0.2) is 4.79 Å². The van der Waals surface area contributed by atoms with Crippen molar-refractivity contribution in [2.24, 2.45) is 0 Å². The van der Waals surface area contributed by atoms with Crippen molar-refractivity contribution in [2.75, 3.05) is 13.7 Å². The molecule has 2 rings (SSSR count). The Labute approximate surface area is 101 Å².